The van der Waals surface area contributed by atoms with Crippen LogP contribution in [0.25, 0.3) is 10.9 Å². The van der Waals surface area contributed by atoms with Crippen LogP contribution in [0.2, 0.25) is 5.02 Å². The molecule has 2 aromatic rings. The summed E-state index contributed by atoms with van der Waals surface area (Å²) in [6.07, 6.45) is 3.58. The number of aromatic nitrogens is 1. The Morgan fingerprint density at radius 2 is 2.14 bits per heavy atom. The molecule has 0 aliphatic heterocycles. The minimum atomic E-state index is -3.35. The van der Waals surface area contributed by atoms with E-state index in [1.807, 2.05) is 24.4 Å². The molecule has 0 fully saturated rings. The number of H-pyrrole nitrogens is 1. The molecule has 2 N–H and O–H groups in total. The van der Waals surface area contributed by atoms with Crippen molar-refractivity contribution in [2.75, 3.05) is 26.4 Å². The molecule has 1 aromatic carbocycles. The van der Waals surface area contributed by atoms with Crippen molar-refractivity contribution < 1.29 is 13.2 Å². The first-order valence-electron chi connectivity index (χ1n) is 6.71. The smallest absolute Gasteiger partial charge is 0.235 e. The number of carbonyl (C=O) groups is 1. The molecule has 1 aromatic heterocycles. The van der Waals surface area contributed by atoms with E-state index in [0.29, 0.717) is 18.0 Å². The Morgan fingerprint density at radius 1 is 1.41 bits per heavy atom. The van der Waals surface area contributed by atoms with Crippen LogP contribution in [0.3, 0.4) is 0 Å². The minimum Gasteiger partial charge on any atom is -0.361 e. The average molecular weight is 344 g/mol. The summed E-state index contributed by atoms with van der Waals surface area (Å²) in [4.78, 5) is 14.8. The minimum absolute atomic E-state index is 0.182. The van der Waals surface area contributed by atoms with Crippen molar-refractivity contribution in [1.82, 2.24) is 14.6 Å². The molecule has 1 amide bonds. The second-order valence-electron chi connectivity index (χ2n) is 5.12. The van der Waals surface area contributed by atoms with Crippen molar-refractivity contribution in [3.05, 3.63) is 35.0 Å². The van der Waals surface area contributed by atoms with E-state index in [4.69, 9.17) is 11.6 Å². The highest BCUT2D eigenvalue weighted by molar-refractivity contribution is 7.88. The fourth-order valence-electron chi connectivity index (χ4n) is 2.07. The third kappa shape index (κ3) is 4.22. The van der Waals surface area contributed by atoms with Crippen molar-refractivity contribution in [1.29, 1.82) is 0 Å². The molecule has 0 unspecified atom stereocenters. The van der Waals surface area contributed by atoms with Crippen LogP contribution in [0.15, 0.2) is 24.4 Å². The number of benzene rings is 1. The monoisotopic (exact) mass is 343 g/mol. The number of amides is 1. The van der Waals surface area contributed by atoms with Gasteiger partial charge in [-0.1, -0.05) is 11.6 Å². The molecule has 22 heavy (non-hydrogen) atoms. The van der Waals surface area contributed by atoms with E-state index < -0.39 is 10.0 Å². The first-order chi connectivity index (χ1) is 10.3. The summed E-state index contributed by atoms with van der Waals surface area (Å²) in [5.41, 5.74) is 2.04. The molecule has 8 heteroatoms. The van der Waals surface area contributed by atoms with Crippen LogP contribution in [-0.2, 0) is 21.2 Å². The summed E-state index contributed by atoms with van der Waals surface area (Å²) >= 11 is 5.99. The van der Waals surface area contributed by atoms with E-state index in [0.717, 1.165) is 27.0 Å². The van der Waals surface area contributed by atoms with E-state index in [1.165, 1.54) is 7.05 Å². The molecule has 0 spiro atoms. The van der Waals surface area contributed by atoms with Crippen LogP contribution >= 0.6 is 11.6 Å². The van der Waals surface area contributed by atoms with Crippen LogP contribution in [-0.4, -0.2) is 50.0 Å². The molecule has 1 heterocycles. The predicted octanol–water partition coefficient (Wildman–Crippen LogP) is 1.37. The molecule has 120 valence electrons. The zero-order chi connectivity index (χ0) is 16.3. The molecular formula is C14H18ClN3O3S. The van der Waals surface area contributed by atoms with Crippen molar-refractivity contribution in [3.8, 4) is 0 Å². The molecular weight excluding hydrogens is 326 g/mol. The lowest BCUT2D eigenvalue weighted by atomic mass is 10.1. The summed E-state index contributed by atoms with van der Waals surface area (Å²) in [6, 6.07) is 5.59. The molecule has 0 atom stereocenters. The Hall–Kier alpha value is -1.57. The highest BCUT2D eigenvalue weighted by atomic mass is 35.5. The van der Waals surface area contributed by atoms with Crippen LogP contribution in [0, 0.1) is 0 Å². The first-order valence-corrected chi connectivity index (χ1v) is 8.93. The molecule has 2 rings (SSSR count). The zero-order valence-corrected chi connectivity index (χ0v) is 14.0. The lowest BCUT2D eigenvalue weighted by Gasteiger charge is -2.13. The number of aromatic amines is 1. The van der Waals surface area contributed by atoms with Gasteiger partial charge in [0.25, 0.3) is 0 Å². The average Bonchev–Trinajstić information content (AvgIpc) is 2.80. The van der Waals surface area contributed by atoms with E-state index >= 15 is 0 Å². The van der Waals surface area contributed by atoms with Crippen molar-refractivity contribution in [3.63, 3.8) is 0 Å². The Bertz CT molecular complexity index is 786. The van der Waals surface area contributed by atoms with Crippen LogP contribution in [0.5, 0.6) is 0 Å². The van der Waals surface area contributed by atoms with Crippen molar-refractivity contribution in [2.45, 2.75) is 6.42 Å². The summed E-state index contributed by atoms with van der Waals surface area (Å²) in [5.74, 6) is -0.328. The third-order valence-corrected chi connectivity index (χ3v) is 4.87. The molecule has 0 aliphatic rings. The van der Waals surface area contributed by atoms with Gasteiger partial charge < -0.3 is 10.3 Å². The van der Waals surface area contributed by atoms with Gasteiger partial charge in [0.2, 0.25) is 15.9 Å². The Kier molecular flexibility index (Phi) is 5.10. The number of fused-ring (bicyclic) bond motifs is 1. The summed E-state index contributed by atoms with van der Waals surface area (Å²) in [6.45, 7) is 0.244. The van der Waals surface area contributed by atoms with Crippen LogP contribution < -0.4 is 5.32 Å². The highest BCUT2D eigenvalue weighted by Gasteiger charge is 2.14. The molecule has 0 aliphatic carbocycles. The van der Waals surface area contributed by atoms with Gasteiger partial charge in [-0.05, 0) is 30.2 Å². The Morgan fingerprint density at radius 3 is 2.82 bits per heavy atom. The lowest BCUT2D eigenvalue weighted by molar-refractivity contribution is -0.121. The third-order valence-electron chi connectivity index (χ3n) is 3.38. The molecule has 0 saturated heterocycles. The number of hydrogen-bond acceptors (Lipinski definition) is 3. The highest BCUT2D eigenvalue weighted by Crippen LogP contribution is 2.22. The number of likely N-dealkylation sites (N-methyl/N-ethyl adjacent to an activating group) is 1. The van der Waals surface area contributed by atoms with Gasteiger partial charge in [0, 0.05) is 35.7 Å². The van der Waals surface area contributed by atoms with Gasteiger partial charge in [-0.2, -0.15) is 4.31 Å². The lowest BCUT2D eigenvalue weighted by Crippen LogP contribution is -2.38. The van der Waals surface area contributed by atoms with Crippen molar-refractivity contribution >= 4 is 38.4 Å². The molecule has 6 nitrogen and oxygen atoms in total. The van der Waals surface area contributed by atoms with E-state index in [-0.39, 0.29) is 12.5 Å². The van der Waals surface area contributed by atoms with Gasteiger partial charge in [-0.25, -0.2) is 8.42 Å². The van der Waals surface area contributed by atoms with Gasteiger partial charge in [-0.3, -0.25) is 4.79 Å². The van der Waals surface area contributed by atoms with E-state index in [1.54, 1.807) is 0 Å². The maximum Gasteiger partial charge on any atom is 0.235 e. The summed E-state index contributed by atoms with van der Waals surface area (Å²) < 4.78 is 23.5. The number of hydrogen-bond donors (Lipinski definition) is 2. The fourth-order valence-corrected chi connectivity index (χ4v) is 2.59. The number of nitrogens with zero attached hydrogens (tertiary/aromatic N) is 1. The summed E-state index contributed by atoms with van der Waals surface area (Å²) in [5, 5.41) is 4.39. The number of sulfonamides is 1. The maximum atomic E-state index is 11.7. The molecule has 0 bridgehead atoms. The quantitative estimate of drug-likeness (QED) is 0.831. The van der Waals surface area contributed by atoms with Gasteiger partial charge in [-0.15, -0.1) is 0 Å². The fraction of sp³-hybridized carbons (Fsp3) is 0.357. The molecule has 0 radical (unpaired) electrons. The second kappa shape index (κ2) is 6.68. The number of nitrogens with one attached hydrogen (secondary N) is 2. The Balaban J connectivity index is 1.90. The number of rotatable bonds is 6. The first kappa shape index (κ1) is 16.8. The standard InChI is InChI=1S/C14H18ClN3O3S/c1-18(22(2,20)21)9-14(19)16-6-5-10-8-17-13-4-3-11(15)7-12(10)13/h3-4,7-8,17H,5-6,9H2,1-2H3,(H,16,19). The normalized spacial score (nSPS) is 12.0. The topological polar surface area (TPSA) is 82.3 Å². The van der Waals surface area contributed by atoms with E-state index in [2.05, 4.69) is 10.3 Å². The van der Waals surface area contributed by atoms with Crippen LogP contribution in [0.1, 0.15) is 5.56 Å². The van der Waals surface area contributed by atoms with E-state index in [9.17, 15) is 13.2 Å². The van der Waals surface area contributed by atoms with Crippen molar-refractivity contribution in [2.24, 2.45) is 0 Å². The number of halogens is 1. The summed E-state index contributed by atoms with van der Waals surface area (Å²) in [7, 11) is -1.98. The zero-order valence-electron chi connectivity index (χ0n) is 12.4. The van der Waals surface area contributed by atoms with Gasteiger partial charge in [0.05, 0.1) is 12.8 Å². The maximum absolute atomic E-state index is 11.7. The van der Waals surface area contributed by atoms with Gasteiger partial charge in [0.1, 0.15) is 0 Å². The SMILES string of the molecule is CN(CC(=O)NCCc1c[nH]c2ccc(Cl)cc12)S(C)(=O)=O. The second-order valence-corrected chi connectivity index (χ2v) is 7.65. The largest absolute Gasteiger partial charge is 0.361 e. The number of carbonyl (C=O) groups excluding carboxylic acids is 1. The van der Waals surface area contributed by atoms with Gasteiger partial charge in [0.15, 0.2) is 0 Å². The van der Waals surface area contributed by atoms with Gasteiger partial charge >= 0.3 is 0 Å². The Labute approximate surface area is 134 Å². The van der Waals surface area contributed by atoms with Crippen LogP contribution in [0.4, 0.5) is 0 Å². The predicted molar refractivity (Wildman–Crippen MR) is 87.5 cm³/mol. The molecule has 0 saturated carbocycles.